The SMILES string of the molecule is CN(c1cccc(Br)n1)[C@@H]1CCNC1.Cl. The van der Waals surface area contributed by atoms with E-state index in [-0.39, 0.29) is 12.4 Å². The maximum atomic E-state index is 4.43. The van der Waals surface area contributed by atoms with Crippen molar-refractivity contribution in [2.24, 2.45) is 0 Å². The minimum atomic E-state index is 0. The van der Waals surface area contributed by atoms with E-state index in [1.807, 2.05) is 18.2 Å². The molecular formula is C10H15BrClN3. The Morgan fingerprint density at radius 3 is 2.93 bits per heavy atom. The Morgan fingerprint density at radius 1 is 1.53 bits per heavy atom. The van der Waals surface area contributed by atoms with Crippen LogP contribution in [0.1, 0.15) is 6.42 Å². The number of hydrogen-bond donors (Lipinski definition) is 1. The smallest absolute Gasteiger partial charge is 0.129 e. The second-order valence-corrected chi connectivity index (χ2v) is 4.39. The summed E-state index contributed by atoms with van der Waals surface area (Å²) >= 11 is 3.39. The van der Waals surface area contributed by atoms with Gasteiger partial charge in [0.05, 0.1) is 0 Å². The molecule has 0 radical (unpaired) electrons. The quantitative estimate of drug-likeness (QED) is 0.846. The number of nitrogens with one attached hydrogen (secondary N) is 1. The van der Waals surface area contributed by atoms with E-state index in [1.54, 1.807) is 0 Å². The maximum absolute atomic E-state index is 4.43. The Kier molecular flexibility index (Phi) is 4.83. The fourth-order valence-electron chi connectivity index (χ4n) is 1.75. The van der Waals surface area contributed by atoms with Crippen LogP contribution in [0, 0.1) is 0 Å². The minimum absolute atomic E-state index is 0. The van der Waals surface area contributed by atoms with Gasteiger partial charge in [0.2, 0.25) is 0 Å². The lowest BCUT2D eigenvalue weighted by Gasteiger charge is -2.24. The van der Waals surface area contributed by atoms with E-state index in [2.05, 4.69) is 38.2 Å². The third-order valence-corrected chi connectivity index (χ3v) is 3.09. The Balaban J connectivity index is 0.00000112. The van der Waals surface area contributed by atoms with Crippen LogP contribution in [-0.2, 0) is 0 Å². The molecule has 0 aromatic carbocycles. The maximum Gasteiger partial charge on any atom is 0.129 e. The van der Waals surface area contributed by atoms with Crippen LogP contribution in [0.2, 0.25) is 0 Å². The van der Waals surface area contributed by atoms with Gasteiger partial charge in [0.1, 0.15) is 10.4 Å². The molecule has 5 heteroatoms. The standard InChI is InChI=1S/C10H14BrN3.ClH/c1-14(8-5-6-12-7-8)10-4-2-3-9(11)13-10;/h2-4,8,12H,5-7H2,1H3;1H/t8-;/m1./s1. The summed E-state index contributed by atoms with van der Waals surface area (Å²) in [5, 5.41) is 3.36. The number of rotatable bonds is 2. The first kappa shape index (κ1) is 12.7. The van der Waals surface area contributed by atoms with Crippen LogP contribution >= 0.6 is 28.3 Å². The molecule has 3 nitrogen and oxygen atoms in total. The van der Waals surface area contributed by atoms with Gasteiger partial charge in [-0.05, 0) is 41.0 Å². The number of aromatic nitrogens is 1. The molecule has 2 rings (SSSR count). The van der Waals surface area contributed by atoms with Crippen LogP contribution in [0.3, 0.4) is 0 Å². The van der Waals surface area contributed by atoms with Crippen molar-refractivity contribution in [1.82, 2.24) is 10.3 Å². The summed E-state index contributed by atoms with van der Waals surface area (Å²) in [5.41, 5.74) is 0. The van der Waals surface area contributed by atoms with E-state index in [0.29, 0.717) is 6.04 Å². The summed E-state index contributed by atoms with van der Waals surface area (Å²) < 4.78 is 0.896. The van der Waals surface area contributed by atoms with Gasteiger partial charge in [0.15, 0.2) is 0 Å². The molecule has 0 spiro atoms. The van der Waals surface area contributed by atoms with Crippen LogP contribution in [0.5, 0.6) is 0 Å². The molecule has 2 heterocycles. The first-order valence-corrected chi connectivity index (χ1v) is 5.63. The third-order valence-electron chi connectivity index (χ3n) is 2.64. The van der Waals surface area contributed by atoms with E-state index >= 15 is 0 Å². The molecule has 1 fully saturated rings. The van der Waals surface area contributed by atoms with Crippen molar-refractivity contribution < 1.29 is 0 Å². The van der Waals surface area contributed by atoms with Gasteiger partial charge in [-0.2, -0.15) is 0 Å². The number of hydrogen-bond acceptors (Lipinski definition) is 3. The summed E-state index contributed by atoms with van der Waals surface area (Å²) in [4.78, 5) is 6.67. The van der Waals surface area contributed by atoms with Crippen molar-refractivity contribution in [2.75, 3.05) is 25.0 Å². The molecular weight excluding hydrogens is 277 g/mol. The number of anilines is 1. The first-order chi connectivity index (χ1) is 6.77. The van der Waals surface area contributed by atoms with E-state index in [9.17, 15) is 0 Å². The third kappa shape index (κ3) is 3.06. The van der Waals surface area contributed by atoms with Gasteiger partial charge >= 0.3 is 0 Å². The van der Waals surface area contributed by atoms with Gasteiger partial charge in [0.25, 0.3) is 0 Å². The highest BCUT2D eigenvalue weighted by atomic mass is 79.9. The second kappa shape index (κ2) is 5.68. The molecule has 1 aliphatic rings. The molecule has 1 N–H and O–H groups in total. The molecule has 0 amide bonds. The molecule has 1 aromatic rings. The van der Waals surface area contributed by atoms with Gasteiger partial charge in [0, 0.05) is 19.6 Å². The molecule has 1 aromatic heterocycles. The fourth-order valence-corrected chi connectivity index (χ4v) is 2.09. The monoisotopic (exact) mass is 291 g/mol. The van der Waals surface area contributed by atoms with E-state index in [0.717, 1.165) is 23.5 Å². The zero-order chi connectivity index (χ0) is 9.97. The Hall–Kier alpha value is -0.320. The zero-order valence-corrected chi connectivity index (χ0v) is 11.0. The lowest BCUT2D eigenvalue weighted by Crippen LogP contribution is -2.33. The van der Waals surface area contributed by atoms with Gasteiger partial charge in [-0.25, -0.2) is 4.98 Å². The van der Waals surface area contributed by atoms with Crippen LogP contribution < -0.4 is 10.2 Å². The Bertz CT molecular complexity index is 315. The summed E-state index contributed by atoms with van der Waals surface area (Å²) in [6.45, 7) is 2.17. The zero-order valence-electron chi connectivity index (χ0n) is 8.61. The molecule has 1 saturated heterocycles. The molecule has 84 valence electrons. The van der Waals surface area contributed by atoms with Crippen molar-refractivity contribution in [3.63, 3.8) is 0 Å². The van der Waals surface area contributed by atoms with Gasteiger partial charge in [-0.15, -0.1) is 12.4 Å². The topological polar surface area (TPSA) is 28.2 Å². The highest BCUT2D eigenvalue weighted by Gasteiger charge is 2.19. The van der Waals surface area contributed by atoms with Crippen LogP contribution in [0.4, 0.5) is 5.82 Å². The van der Waals surface area contributed by atoms with Crippen molar-refractivity contribution in [1.29, 1.82) is 0 Å². The van der Waals surface area contributed by atoms with E-state index in [1.165, 1.54) is 6.42 Å². The predicted molar refractivity (Wildman–Crippen MR) is 68.9 cm³/mol. The number of halogens is 2. The number of pyridine rings is 1. The largest absolute Gasteiger partial charge is 0.355 e. The highest BCUT2D eigenvalue weighted by molar-refractivity contribution is 9.10. The van der Waals surface area contributed by atoms with Gasteiger partial charge in [-0.3, -0.25) is 0 Å². The fraction of sp³-hybridized carbons (Fsp3) is 0.500. The summed E-state index contributed by atoms with van der Waals surface area (Å²) in [5.74, 6) is 1.04. The number of nitrogens with zero attached hydrogens (tertiary/aromatic N) is 2. The van der Waals surface area contributed by atoms with Crippen LogP contribution in [0.15, 0.2) is 22.8 Å². The summed E-state index contributed by atoms with van der Waals surface area (Å²) in [6.07, 6.45) is 1.20. The van der Waals surface area contributed by atoms with Crippen molar-refractivity contribution in [2.45, 2.75) is 12.5 Å². The molecule has 15 heavy (non-hydrogen) atoms. The molecule has 0 unspecified atom stereocenters. The van der Waals surface area contributed by atoms with Crippen molar-refractivity contribution >= 4 is 34.2 Å². The average molecular weight is 293 g/mol. The second-order valence-electron chi connectivity index (χ2n) is 3.58. The number of likely N-dealkylation sites (N-methyl/N-ethyl adjacent to an activating group) is 1. The average Bonchev–Trinajstić information content (AvgIpc) is 2.69. The lowest BCUT2D eigenvalue weighted by atomic mass is 10.2. The van der Waals surface area contributed by atoms with E-state index < -0.39 is 0 Å². The van der Waals surface area contributed by atoms with Crippen LogP contribution in [0.25, 0.3) is 0 Å². The van der Waals surface area contributed by atoms with Crippen molar-refractivity contribution in [3.8, 4) is 0 Å². The highest BCUT2D eigenvalue weighted by Crippen LogP contribution is 2.18. The molecule has 0 aliphatic carbocycles. The first-order valence-electron chi connectivity index (χ1n) is 4.83. The molecule has 1 aliphatic heterocycles. The van der Waals surface area contributed by atoms with Crippen molar-refractivity contribution in [3.05, 3.63) is 22.8 Å². The molecule has 1 atom stereocenters. The van der Waals surface area contributed by atoms with Gasteiger partial charge < -0.3 is 10.2 Å². The Morgan fingerprint density at radius 2 is 2.33 bits per heavy atom. The molecule has 0 saturated carbocycles. The lowest BCUT2D eigenvalue weighted by molar-refractivity contribution is 0.677. The predicted octanol–water partition coefficient (Wildman–Crippen LogP) is 2.06. The van der Waals surface area contributed by atoms with E-state index in [4.69, 9.17) is 0 Å². The Labute approximate surface area is 105 Å². The molecule has 0 bridgehead atoms. The minimum Gasteiger partial charge on any atom is -0.355 e. The summed E-state index contributed by atoms with van der Waals surface area (Å²) in [6, 6.07) is 6.59. The normalized spacial score (nSPS) is 19.7. The van der Waals surface area contributed by atoms with Crippen LogP contribution in [-0.4, -0.2) is 31.2 Å². The van der Waals surface area contributed by atoms with Gasteiger partial charge in [-0.1, -0.05) is 6.07 Å². The summed E-state index contributed by atoms with van der Waals surface area (Å²) in [7, 11) is 2.10.